The third kappa shape index (κ3) is 5.54. The van der Waals surface area contributed by atoms with Crippen molar-refractivity contribution in [2.75, 3.05) is 6.54 Å². The van der Waals surface area contributed by atoms with Crippen LogP contribution in [-0.2, 0) is 5.41 Å². The number of hydrogen-bond donors (Lipinski definition) is 1. The van der Waals surface area contributed by atoms with E-state index in [2.05, 4.69) is 65.1 Å². The van der Waals surface area contributed by atoms with Crippen molar-refractivity contribution in [3.05, 3.63) is 29.8 Å². The first-order chi connectivity index (χ1) is 9.36. The lowest BCUT2D eigenvalue weighted by Gasteiger charge is -2.22. The molecule has 0 fully saturated rings. The Labute approximate surface area is 124 Å². The molecule has 0 radical (unpaired) electrons. The zero-order chi connectivity index (χ0) is 15.2. The van der Waals surface area contributed by atoms with Crippen molar-refractivity contribution in [3.63, 3.8) is 0 Å². The third-order valence-corrected chi connectivity index (χ3v) is 3.72. The lowest BCUT2D eigenvalue weighted by atomic mass is 9.87. The summed E-state index contributed by atoms with van der Waals surface area (Å²) in [5, 5.41) is 3.56. The summed E-state index contributed by atoms with van der Waals surface area (Å²) in [5.74, 6) is 0.969. The summed E-state index contributed by atoms with van der Waals surface area (Å²) >= 11 is 0. The minimum absolute atomic E-state index is 0.163. The molecule has 0 aliphatic heterocycles. The molecule has 0 saturated carbocycles. The Bertz CT molecular complexity index is 391. The van der Waals surface area contributed by atoms with Crippen LogP contribution in [0.2, 0.25) is 0 Å². The van der Waals surface area contributed by atoms with Crippen molar-refractivity contribution < 1.29 is 4.74 Å². The van der Waals surface area contributed by atoms with Crippen LogP contribution in [0.25, 0.3) is 0 Å². The summed E-state index contributed by atoms with van der Waals surface area (Å²) < 4.78 is 6.03. The number of ether oxygens (including phenoxy) is 1. The molecule has 1 rings (SSSR count). The van der Waals surface area contributed by atoms with E-state index in [4.69, 9.17) is 4.74 Å². The average Bonchev–Trinajstić information content (AvgIpc) is 2.39. The summed E-state index contributed by atoms with van der Waals surface area (Å²) in [6, 6.07) is 9.05. The molecule has 2 nitrogen and oxygen atoms in total. The van der Waals surface area contributed by atoms with E-state index in [1.807, 2.05) is 6.07 Å². The van der Waals surface area contributed by atoms with E-state index in [0.29, 0.717) is 6.04 Å². The van der Waals surface area contributed by atoms with Crippen LogP contribution >= 0.6 is 0 Å². The van der Waals surface area contributed by atoms with E-state index in [0.717, 1.165) is 12.3 Å². The SMILES string of the molecule is CCC(CC)NCC(C)Oc1cccc(C(C)(C)C)c1. The molecule has 1 unspecified atom stereocenters. The highest BCUT2D eigenvalue weighted by molar-refractivity contribution is 5.32. The van der Waals surface area contributed by atoms with Crippen LogP contribution in [0.5, 0.6) is 5.75 Å². The predicted octanol–water partition coefficient (Wildman–Crippen LogP) is 4.53. The van der Waals surface area contributed by atoms with Crippen LogP contribution in [0.3, 0.4) is 0 Å². The summed E-state index contributed by atoms with van der Waals surface area (Å²) in [6.45, 7) is 14.1. The van der Waals surface area contributed by atoms with Crippen LogP contribution in [0.15, 0.2) is 24.3 Å². The maximum atomic E-state index is 6.03. The van der Waals surface area contributed by atoms with E-state index in [1.54, 1.807) is 0 Å². The van der Waals surface area contributed by atoms with Gasteiger partial charge in [0.2, 0.25) is 0 Å². The zero-order valence-corrected chi connectivity index (χ0v) is 14.0. The summed E-state index contributed by atoms with van der Waals surface area (Å²) in [5.41, 5.74) is 1.48. The Kier molecular flexibility index (Phi) is 6.54. The van der Waals surface area contributed by atoms with Gasteiger partial charge in [0, 0.05) is 12.6 Å². The van der Waals surface area contributed by atoms with Gasteiger partial charge in [-0.15, -0.1) is 0 Å². The molecule has 0 aromatic heterocycles. The Morgan fingerprint density at radius 3 is 2.35 bits per heavy atom. The van der Waals surface area contributed by atoms with E-state index in [1.165, 1.54) is 18.4 Å². The lowest BCUT2D eigenvalue weighted by molar-refractivity contribution is 0.209. The number of benzene rings is 1. The minimum atomic E-state index is 0.163. The predicted molar refractivity (Wildman–Crippen MR) is 87.6 cm³/mol. The topological polar surface area (TPSA) is 21.3 Å². The number of nitrogens with one attached hydrogen (secondary N) is 1. The molecule has 1 aromatic rings. The zero-order valence-electron chi connectivity index (χ0n) is 14.0. The van der Waals surface area contributed by atoms with Crippen LogP contribution in [0, 0.1) is 0 Å². The van der Waals surface area contributed by atoms with Gasteiger partial charge in [0.05, 0.1) is 0 Å². The molecular weight excluding hydrogens is 246 g/mol. The third-order valence-electron chi connectivity index (χ3n) is 3.72. The Balaban J connectivity index is 2.56. The maximum Gasteiger partial charge on any atom is 0.120 e. The molecule has 114 valence electrons. The van der Waals surface area contributed by atoms with Gasteiger partial charge in [0.1, 0.15) is 11.9 Å². The van der Waals surface area contributed by atoms with Gasteiger partial charge in [-0.3, -0.25) is 0 Å². The molecule has 0 bridgehead atoms. The fourth-order valence-corrected chi connectivity index (χ4v) is 2.22. The molecule has 0 aliphatic rings. The Hall–Kier alpha value is -1.02. The van der Waals surface area contributed by atoms with Crippen LogP contribution in [-0.4, -0.2) is 18.7 Å². The van der Waals surface area contributed by atoms with Gasteiger partial charge in [-0.05, 0) is 42.9 Å². The lowest BCUT2D eigenvalue weighted by Crippen LogP contribution is -2.36. The molecule has 0 amide bonds. The van der Waals surface area contributed by atoms with Crippen molar-refractivity contribution in [3.8, 4) is 5.75 Å². The molecule has 0 spiro atoms. The quantitative estimate of drug-likeness (QED) is 0.790. The molecular formula is C18H31NO. The second-order valence-corrected chi connectivity index (χ2v) is 6.63. The highest BCUT2D eigenvalue weighted by atomic mass is 16.5. The highest BCUT2D eigenvalue weighted by Gasteiger charge is 2.14. The molecule has 20 heavy (non-hydrogen) atoms. The summed E-state index contributed by atoms with van der Waals surface area (Å²) in [4.78, 5) is 0. The standard InChI is InChI=1S/C18H31NO/c1-7-16(8-2)19-13-14(3)20-17-11-9-10-15(12-17)18(4,5)6/h9-12,14,16,19H,7-8,13H2,1-6H3. The van der Waals surface area contributed by atoms with Crippen molar-refractivity contribution >= 4 is 0 Å². The number of hydrogen-bond acceptors (Lipinski definition) is 2. The van der Waals surface area contributed by atoms with Crippen LogP contribution in [0.4, 0.5) is 0 Å². The maximum absolute atomic E-state index is 6.03. The first-order valence-corrected chi connectivity index (χ1v) is 7.87. The minimum Gasteiger partial charge on any atom is -0.489 e. The molecule has 1 N–H and O–H groups in total. The van der Waals surface area contributed by atoms with Crippen molar-refractivity contribution in [1.82, 2.24) is 5.32 Å². The second kappa shape index (κ2) is 7.68. The van der Waals surface area contributed by atoms with E-state index < -0.39 is 0 Å². The molecule has 0 saturated heterocycles. The van der Waals surface area contributed by atoms with Gasteiger partial charge in [0.15, 0.2) is 0 Å². The smallest absolute Gasteiger partial charge is 0.120 e. The van der Waals surface area contributed by atoms with Gasteiger partial charge < -0.3 is 10.1 Å². The van der Waals surface area contributed by atoms with E-state index >= 15 is 0 Å². The van der Waals surface area contributed by atoms with Crippen molar-refractivity contribution in [1.29, 1.82) is 0 Å². The van der Waals surface area contributed by atoms with Crippen molar-refractivity contribution in [2.45, 2.75) is 71.9 Å². The van der Waals surface area contributed by atoms with Gasteiger partial charge in [-0.1, -0.05) is 46.8 Å². The molecule has 1 aromatic carbocycles. The van der Waals surface area contributed by atoms with E-state index in [9.17, 15) is 0 Å². The van der Waals surface area contributed by atoms with E-state index in [-0.39, 0.29) is 11.5 Å². The molecule has 1 atom stereocenters. The van der Waals surface area contributed by atoms with Crippen LogP contribution < -0.4 is 10.1 Å². The summed E-state index contributed by atoms with van der Waals surface area (Å²) in [6.07, 6.45) is 2.52. The van der Waals surface area contributed by atoms with Gasteiger partial charge >= 0.3 is 0 Å². The fraction of sp³-hybridized carbons (Fsp3) is 0.667. The second-order valence-electron chi connectivity index (χ2n) is 6.63. The molecule has 2 heteroatoms. The monoisotopic (exact) mass is 277 g/mol. The number of rotatable bonds is 7. The fourth-order valence-electron chi connectivity index (χ4n) is 2.22. The largest absolute Gasteiger partial charge is 0.489 e. The van der Waals surface area contributed by atoms with Gasteiger partial charge in [-0.25, -0.2) is 0 Å². The molecule has 0 heterocycles. The molecule has 0 aliphatic carbocycles. The first kappa shape index (κ1) is 17.0. The summed E-state index contributed by atoms with van der Waals surface area (Å²) in [7, 11) is 0. The van der Waals surface area contributed by atoms with Crippen LogP contribution in [0.1, 0.15) is 59.9 Å². The van der Waals surface area contributed by atoms with Gasteiger partial charge in [-0.2, -0.15) is 0 Å². The highest BCUT2D eigenvalue weighted by Crippen LogP contribution is 2.25. The van der Waals surface area contributed by atoms with Gasteiger partial charge in [0.25, 0.3) is 0 Å². The van der Waals surface area contributed by atoms with Crippen molar-refractivity contribution in [2.24, 2.45) is 0 Å². The Morgan fingerprint density at radius 2 is 1.80 bits per heavy atom. The Morgan fingerprint density at radius 1 is 1.15 bits per heavy atom. The first-order valence-electron chi connectivity index (χ1n) is 7.87. The average molecular weight is 277 g/mol. The normalized spacial score (nSPS) is 13.6.